The van der Waals surface area contributed by atoms with Crippen LogP contribution in [0.5, 0.6) is 17.2 Å². The Hall–Kier alpha value is -5.03. The van der Waals surface area contributed by atoms with E-state index in [-0.39, 0.29) is 35.5 Å². The minimum absolute atomic E-state index is 0.0136. The lowest BCUT2D eigenvalue weighted by atomic mass is 10.0. The number of benzene rings is 4. The van der Waals surface area contributed by atoms with Crippen LogP contribution in [0.25, 0.3) is 0 Å². The summed E-state index contributed by atoms with van der Waals surface area (Å²) in [5.41, 5.74) is 2.68. The number of ether oxygens (including phenoxy) is 3. The predicted molar refractivity (Wildman–Crippen MR) is 193 cm³/mol. The Balaban J connectivity index is 1.60. The second-order valence-electron chi connectivity index (χ2n) is 12.4. The van der Waals surface area contributed by atoms with Crippen LogP contribution >= 0.6 is 0 Å². The van der Waals surface area contributed by atoms with Gasteiger partial charge in [-0.05, 0) is 67.3 Å². The molecule has 0 aromatic heterocycles. The van der Waals surface area contributed by atoms with Gasteiger partial charge in [-0.15, -0.1) is 0 Å². The van der Waals surface area contributed by atoms with Gasteiger partial charge in [0.25, 0.3) is 10.0 Å². The monoisotopic (exact) mass is 699 g/mol. The van der Waals surface area contributed by atoms with Crippen LogP contribution in [0, 0.1) is 6.92 Å². The highest BCUT2D eigenvalue weighted by atomic mass is 32.2. The van der Waals surface area contributed by atoms with Crippen molar-refractivity contribution in [2.24, 2.45) is 0 Å². The molecule has 264 valence electrons. The zero-order valence-corrected chi connectivity index (χ0v) is 29.8. The molecule has 2 amide bonds. The largest absolute Gasteiger partial charge is 0.497 e. The standard InChI is InChI=1S/C39H45N3O7S/c1-28-17-20-34(21-18-28)50(45,46)42(32-19-22-36(48-3)37(25-32)49-4)27-38(43)41(26-30-13-10-16-33(23-30)47-2)35(24-29-11-6-5-7-12-29)39(44)40-31-14-8-9-15-31/h5-7,10-13,16-23,25,31,35H,8-9,14-15,24,26-27H2,1-4H3,(H,40,44). The fourth-order valence-electron chi connectivity index (χ4n) is 6.24. The maximum absolute atomic E-state index is 14.8. The molecule has 1 aliphatic carbocycles. The van der Waals surface area contributed by atoms with Crippen molar-refractivity contribution in [3.05, 3.63) is 114 Å². The second-order valence-corrected chi connectivity index (χ2v) is 14.3. The third-order valence-electron chi connectivity index (χ3n) is 9.00. The summed E-state index contributed by atoms with van der Waals surface area (Å²) in [6.07, 6.45) is 4.02. The molecule has 1 atom stereocenters. The Morgan fingerprint density at radius 1 is 0.800 bits per heavy atom. The van der Waals surface area contributed by atoms with Crippen LogP contribution in [0.15, 0.2) is 102 Å². The van der Waals surface area contributed by atoms with Gasteiger partial charge in [0, 0.05) is 25.1 Å². The minimum atomic E-state index is -4.28. The average molecular weight is 700 g/mol. The Morgan fingerprint density at radius 3 is 2.14 bits per heavy atom. The van der Waals surface area contributed by atoms with Gasteiger partial charge >= 0.3 is 0 Å². The molecule has 50 heavy (non-hydrogen) atoms. The average Bonchev–Trinajstić information content (AvgIpc) is 3.65. The Morgan fingerprint density at radius 2 is 1.48 bits per heavy atom. The van der Waals surface area contributed by atoms with Crippen molar-refractivity contribution in [2.75, 3.05) is 32.2 Å². The first kappa shape index (κ1) is 36.3. The molecule has 1 saturated carbocycles. The molecule has 0 bridgehead atoms. The highest BCUT2D eigenvalue weighted by Crippen LogP contribution is 2.34. The number of amides is 2. The first-order valence-corrected chi connectivity index (χ1v) is 18.1. The summed E-state index contributed by atoms with van der Waals surface area (Å²) in [6.45, 7) is 1.32. The topological polar surface area (TPSA) is 114 Å². The fraction of sp³-hybridized carbons (Fsp3) is 0.333. The van der Waals surface area contributed by atoms with Crippen molar-refractivity contribution in [3.8, 4) is 17.2 Å². The summed E-state index contributed by atoms with van der Waals surface area (Å²) in [5, 5.41) is 3.20. The zero-order chi connectivity index (χ0) is 35.7. The van der Waals surface area contributed by atoms with Crippen LogP contribution in [0.3, 0.4) is 0 Å². The molecule has 5 rings (SSSR count). The van der Waals surface area contributed by atoms with Crippen molar-refractivity contribution in [1.82, 2.24) is 10.2 Å². The maximum atomic E-state index is 14.8. The number of hydrogen-bond donors (Lipinski definition) is 1. The van der Waals surface area contributed by atoms with E-state index in [1.165, 1.54) is 37.3 Å². The molecule has 11 heteroatoms. The van der Waals surface area contributed by atoms with Crippen LogP contribution in [-0.4, -0.2) is 65.1 Å². The smallest absolute Gasteiger partial charge is 0.264 e. The van der Waals surface area contributed by atoms with E-state index in [9.17, 15) is 18.0 Å². The molecular weight excluding hydrogens is 655 g/mol. The number of nitrogens with one attached hydrogen (secondary N) is 1. The van der Waals surface area contributed by atoms with E-state index in [4.69, 9.17) is 14.2 Å². The number of anilines is 1. The molecular formula is C39H45N3O7S. The Kier molecular flexibility index (Phi) is 12.0. The molecule has 0 saturated heterocycles. The van der Waals surface area contributed by atoms with Crippen LogP contribution in [-0.2, 0) is 32.6 Å². The molecule has 1 N–H and O–H groups in total. The van der Waals surface area contributed by atoms with Crippen molar-refractivity contribution >= 4 is 27.5 Å². The molecule has 4 aromatic rings. The van der Waals surface area contributed by atoms with E-state index in [1.807, 2.05) is 55.5 Å². The highest BCUT2D eigenvalue weighted by Gasteiger charge is 2.36. The SMILES string of the molecule is COc1cccc(CN(C(=O)CN(c2ccc(OC)c(OC)c2)S(=O)(=O)c2ccc(C)cc2)C(Cc2ccccc2)C(=O)NC2CCCC2)c1. The maximum Gasteiger partial charge on any atom is 0.264 e. The lowest BCUT2D eigenvalue weighted by Gasteiger charge is -2.34. The first-order chi connectivity index (χ1) is 24.1. The minimum Gasteiger partial charge on any atom is -0.497 e. The number of sulfonamides is 1. The number of carbonyl (C=O) groups excluding carboxylic acids is 2. The second kappa shape index (κ2) is 16.6. The zero-order valence-electron chi connectivity index (χ0n) is 29.0. The van der Waals surface area contributed by atoms with Gasteiger partial charge in [-0.3, -0.25) is 13.9 Å². The summed E-state index contributed by atoms with van der Waals surface area (Å²) in [4.78, 5) is 30.6. The van der Waals surface area contributed by atoms with Gasteiger partial charge in [0.05, 0.1) is 31.9 Å². The van der Waals surface area contributed by atoms with Gasteiger partial charge in [-0.1, -0.05) is 73.0 Å². The number of hydrogen-bond acceptors (Lipinski definition) is 7. The molecule has 4 aromatic carbocycles. The van der Waals surface area contributed by atoms with E-state index in [1.54, 1.807) is 37.4 Å². The molecule has 0 radical (unpaired) electrons. The van der Waals surface area contributed by atoms with Gasteiger partial charge in [-0.25, -0.2) is 8.42 Å². The summed E-state index contributed by atoms with van der Waals surface area (Å²) in [5.74, 6) is 0.463. The summed E-state index contributed by atoms with van der Waals surface area (Å²) < 4.78 is 46.3. The summed E-state index contributed by atoms with van der Waals surface area (Å²) in [6, 6.07) is 27.0. The van der Waals surface area contributed by atoms with Crippen LogP contribution in [0.2, 0.25) is 0 Å². The van der Waals surface area contributed by atoms with Crippen LogP contribution < -0.4 is 23.8 Å². The molecule has 0 spiro atoms. The van der Waals surface area contributed by atoms with Gasteiger partial charge in [0.1, 0.15) is 18.3 Å². The molecule has 0 aliphatic heterocycles. The third-order valence-corrected chi connectivity index (χ3v) is 10.8. The third kappa shape index (κ3) is 8.76. The molecule has 10 nitrogen and oxygen atoms in total. The fourth-order valence-corrected chi connectivity index (χ4v) is 7.64. The van der Waals surface area contributed by atoms with Crippen molar-refractivity contribution in [2.45, 2.75) is 62.6 Å². The predicted octanol–water partition coefficient (Wildman–Crippen LogP) is 5.92. The van der Waals surface area contributed by atoms with E-state index in [0.29, 0.717) is 17.2 Å². The molecule has 1 unspecified atom stereocenters. The van der Waals surface area contributed by atoms with Gasteiger partial charge < -0.3 is 24.4 Å². The number of nitrogens with zero attached hydrogens (tertiary/aromatic N) is 2. The number of carbonyl (C=O) groups is 2. The van der Waals surface area contributed by atoms with E-state index >= 15 is 0 Å². The van der Waals surface area contributed by atoms with Crippen LogP contribution in [0.4, 0.5) is 5.69 Å². The Labute approximate surface area is 295 Å². The lowest BCUT2D eigenvalue weighted by Crippen LogP contribution is -2.54. The number of rotatable bonds is 15. The first-order valence-electron chi connectivity index (χ1n) is 16.7. The van der Waals surface area contributed by atoms with E-state index in [0.717, 1.165) is 46.7 Å². The molecule has 0 heterocycles. The van der Waals surface area contributed by atoms with Crippen molar-refractivity contribution in [3.63, 3.8) is 0 Å². The van der Waals surface area contributed by atoms with E-state index < -0.39 is 28.5 Å². The highest BCUT2D eigenvalue weighted by molar-refractivity contribution is 7.92. The van der Waals surface area contributed by atoms with Crippen molar-refractivity contribution in [1.29, 1.82) is 0 Å². The molecule has 1 aliphatic rings. The Bertz CT molecular complexity index is 1860. The lowest BCUT2D eigenvalue weighted by molar-refractivity contribution is -0.140. The van der Waals surface area contributed by atoms with Crippen LogP contribution in [0.1, 0.15) is 42.4 Å². The van der Waals surface area contributed by atoms with Gasteiger partial charge in [0.15, 0.2) is 11.5 Å². The number of methoxy groups -OCH3 is 3. The van der Waals surface area contributed by atoms with Gasteiger partial charge in [0.2, 0.25) is 11.8 Å². The summed E-state index contributed by atoms with van der Waals surface area (Å²) in [7, 11) is 0.224. The normalized spacial score (nSPS) is 13.7. The van der Waals surface area contributed by atoms with Crippen molar-refractivity contribution < 1.29 is 32.2 Å². The molecule has 1 fully saturated rings. The summed E-state index contributed by atoms with van der Waals surface area (Å²) >= 11 is 0. The number of aryl methyl sites for hydroxylation is 1. The van der Waals surface area contributed by atoms with Gasteiger partial charge in [-0.2, -0.15) is 0 Å². The van der Waals surface area contributed by atoms with E-state index in [2.05, 4.69) is 5.32 Å². The quantitative estimate of drug-likeness (QED) is 0.164.